The second kappa shape index (κ2) is 4.56. The second-order valence-corrected chi connectivity index (χ2v) is 4.98. The van der Waals surface area contributed by atoms with Crippen LogP contribution in [0.2, 0.25) is 0 Å². The minimum atomic E-state index is 1.13. The third-order valence-corrected chi connectivity index (χ3v) is 3.78. The van der Waals surface area contributed by atoms with Gasteiger partial charge in [0.2, 0.25) is 0 Å². The first kappa shape index (κ1) is 10.3. The van der Waals surface area contributed by atoms with E-state index >= 15 is 0 Å². The van der Waals surface area contributed by atoms with E-state index in [1.807, 2.05) is 0 Å². The van der Waals surface area contributed by atoms with Crippen molar-refractivity contribution in [3.05, 3.63) is 34.9 Å². The molecule has 16 heavy (non-hydrogen) atoms. The fourth-order valence-corrected chi connectivity index (χ4v) is 2.85. The third-order valence-electron chi connectivity index (χ3n) is 3.78. The molecule has 0 spiro atoms. The zero-order valence-corrected chi connectivity index (χ0v) is 9.84. The Hall–Kier alpha value is -0.860. The summed E-state index contributed by atoms with van der Waals surface area (Å²) in [6.07, 6.45) is 3.94. The highest BCUT2D eigenvalue weighted by molar-refractivity contribution is 5.35. The van der Waals surface area contributed by atoms with Gasteiger partial charge in [-0.15, -0.1) is 0 Å². The summed E-state index contributed by atoms with van der Waals surface area (Å²) < 4.78 is 0. The molecule has 2 aliphatic rings. The van der Waals surface area contributed by atoms with Gasteiger partial charge in [-0.3, -0.25) is 4.90 Å². The van der Waals surface area contributed by atoms with Crippen LogP contribution in [-0.4, -0.2) is 31.1 Å². The molecular weight excluding hydrogens is 196 g/mol. The highest BCUT2D eigenvalue weighted by Gasteiger charge is 2.13. The van der Waals surface area contributed by atoms with Crippen LogP contribution in [0, 0.1) is 0 Å². The van der Waals surface area contributed by atoms with Gasteiger partial charge in [0.1, 0.15) is 0 Å². The van der Waals surface area contributed by atoms with Crippen molar-refractivity contribution in [2.75, 3.05) is 26.2 Å². The number of hydrogen-bond acceptors (Lipinski definition) is 2. The second-order valence-electron chi connectivity index (χ2n) is 4.98. The molecule has 1 fully saturated rings. The average molecular weight is 216 g/mol. The zero-order chi connectivity index (χ0) is 10.8. The maximum Gasteiger partial charge on any atom is 0.0234 e. The Morgan fingerprint density at radius 1 is 1.06 bits per heavy atom. The lowest BCUT2D eigenvalue weighted by molar-refractivity contribution is 0.233. The Morgan fingerprint density at radius 2 is 1.88 bits per heavy atom. The number of nitrogens with zero attached hydrogens (tertiary/aromatic N) is 1. The van der Waals surface area contributed by atoms with Gasteiger partial charge in [-0.25, -0.2) is 0 Å². The minimum absolute atomic E-state index is 1.13. The molecule has 1 aliphatic heterocycles. The Morgan fingerprint density at radius 3 is 2.75 bits per heavy atom. The summed E-state index contributed by atoms with van der Waals surface area (Å²) in [6.45, 7) is 5.80. The van der Waals surface area contributed by atoms with Crippen molar-refractivity contribution in [3.8, 4) is 0 Å². The molecule has 1 aliphatic carbocycles. The lowest BCUT2D eigenvalue weighted by Crippen LogP contribution is -2.42. The van der Waals surface area contributed by atoms with Crippen LogP contribution in [0.25, 0.3) is 0 Å². The molecular formula is C14H20N2. The quantitative estimate of drug-likeness (QED) is 0.807. The van der Waals surface area contributed by atoms with Crippen molar-refractivity contribution >= 4 is 0 Å². The van der Waals surface area contributed by atoms with Crippen molar-refractivity contribution in [1.82, 2.24) is 10.2 Å². The average Bonchev–Trinajstić information content (AvgIpc) is 2.77. The van der Waals surface area contributed by atoms with Crippen LogP contribution in [0.1, 0.15) is 23.1 Å². The van der Waals surface area contributed by atoms with E-state index in [-0.39, 0.29) is 0 Å². The topological polar surface area (TPSA) is 15.3 Å². The van der Waals surface area contributed by atoms with E-state index in [9.17, 15) is 0 Å². The normalized spacial score (nSPS) is 21.0. The summed E-state index contributed by atoms with van der Waals surface area (Å²) in [4.78, 5) is 2.55. The van der Waals surface area contributed by atoms with Crippen LogP contribution in [0.4, 0.5) is 0 Å². The highest BCUT2D eigenvalue weighted by atomic mass is 15.2. The van der Waals surface area contributed by atoms with Gasteiger partial charge in [0.15, 0.2) is 0 Å². The molecule has 0 radical (unpaired) electrons. The number of aryl methyl sites for hydroxylation is 2. The summed E-state index contributed by atoms with van der Waals surface area (Å²) in [5.41, 5.74) is 4.69. The molecule has 3 rings (SSSR count). The minimum Gasteiger partial charge on any atom is -0.314 e. The zero-order valence-electron chi connectivity index (χ0n) is 9.84. The molecule has 0 saturated carbocycles. The van der Waals surface area contributed by atoms with Gasteiger partial charge in [-0.2, -0.15) is 0 Å². The summed E-state index contributed by atoms with van der Waals surface area (Å²) in [7, 11) is 0. The summed E-state index contributed by atoms with van der Waals surface area (Å²) in [6, 6.07) is 7.11. The van der Waals surface area contributed by atoms with Crippen molar-refractivity contribution in [3.63, 3.8) is 0 Å². The number of piperazine rings is 1. The van der Waals surface area contributed by atoms with Gasteiger partial charge < -0.3 is 5.32 Å². The van der Waals surface area contributed by atoms with E-state index < -0.39 is 0 Å². The molecule has 1 saturated heterocycles. The van der Waals surface area contributed by atoms with E-state index in [0.717, 1.165) is 19.6 Å². The van der Waals surface area contributed by atoms with Gasteiger partial charge >= 0.3 is 0 Å². The third kappa shape index (κ3) is 2.13. The predicted octanol–water partition coefficient (Wildman–Crippen LogP) is 1.58. The first-order valence-corrected chi connectivity index (χ1v) is 6.45. The van der Waals surface area contributed by atoms with E-state index in [4.69, 9.17) is 0 Å². The SMILES string of the molecule is c1cc2c(cc1CN1CCNCC1)CCC2. The van der Waals surface area contributed by atoms with Crippen LogP contribution in [0.3, 0.4) is 0 Å². The van der Waals surface area contributed by atoms with Crippen molar-refractivity contribution in [2.24, 2.45) is 0 Å². The Bertz CT molecular complexity index is 367. The number of hydrogen-bond donors (Lipinski definition) is 1. The highest BCUT2D eigenvalue weighted by Crippen LogP contribution is 2.23. The molecule has 1 N–H and O–H groups in total. The Kier molecular flexibility index (Phi) is 2.94. The standard InChI is InChI=1S/C14H20N2/c1-2-13-5-4-12(10-14(13)3-1)11-16-8-6-15-7-9-16/h4-5,10,15H,1-3,6-9,11H2. The van der Waals surface area contributed by atoms with E-state index in [1.54, 1.807) is 11.1 Å². The van der Waals surface area contributed by atoms with Crippen molar-refractivity contribution in [2.45, 2.75) is 25.8 Å². The van der Waals surface area contributed by atoms with Crippen LogP contribution in [0.5, 0.6) is 0 Å². The molecule has 1 heterocycles. The number of fused-ring (bicyclic) bond motifs is 1. The molecule has 86 valence electrons. The lowest BCUT2D eigenvalue weighted by Gasteiger charge is -2.27. The molecule has 0 amide bonds. The summed E-state index contributed by atoms with van der Waals surface area (Å²) in [5, 5.41) is 3.40. The van der Waals surface area contributed by atoms with E-state index in [1.165, 1.54) is 37.9 Å². The fourth-order valence-electron chi connectivity index (χ4n) is 2.85. The summed E-state index contributed by atoms with van der Waals surface area (Å²) >= 11 is 0. The van der Waals surface area contributed by atoms with Crippen LogP contribution in [0.15, 0.2) is 18.2 Å². The Balaban J connectivity index is 1.69. The molecule has 2 heteroatoms. The maximum atomic E-state index is 3.40. The molecule has 1 aromatic carbocycles. The largest absolute Gasteiger partial charge is 0.314 e. The van der Waals surface area contributed by atoms with Gasteiger partial charge in [-0.1, -0.05) is 18.2 Å². The Labute approximate surface area is 97.6 Å². The molecule has 0 aromatic heterocycles. The molecule has 2 nitrogen and oxygen atoms in total. The monoisotopic (exact) mass is 216 g/mol. The van der Waals surface area contributed by atoms with Gasteiger partial charge in [0.25, 0.3) is 0 Å². The van der Waals surface area contributed by atoms with E-state index in [2.05, 4.69) is 28.4 Å². The number of benzene rings is 1. The summed E-state index contributed by atoms with van der Waals surface area (Å²) in [5.74, 6) is 0. The number of rotatable bonds is 2. The molecule has 0 atom stereocenters. The number of nitrogens with one attached hydrogen (secondary N) is 1. The van der Waals surface area contributed by atoms with Crippen LogP contribution < -0.4 is 5.32 Å². The van der Waals surface area contributed by atoms with Gasteiger partial charge in [0.05, 0.1) is 0 Å². The van der Waals surface area contributed by atoms with Gasteiger partial charge in [-0.05, 0) is 36.0 Å². The first-order valence-electron chi connectivity index (χ1n) is 6.45. The molecule has 0 bridgehead atoms. The fraction of sp³-hybridized carbons (Fsp3) is 0.571. The van der Waals surface area contributed by atoms with Crippen LogP contribution >= 0.6 is 0 Å². The predicted molar refractivity (Wildman–Crippen MR) is 66.6 cm³/mol. The van der Waals surface area contributed by atoms with Gasteiger partial charge in [0, 0.05) is 32.7 Å². The smallest absolute Gasteiger partial charge is 0.0234 e. The molecule has 1 aromatic rings. The van der Waals surface area contributed by atoms with Crippen molar-refractivity contribution in [1.29, 1.82) is 0 Å². The lowest BCUT2D eigenvalue weighted by atomic mass is 10.1. The first-order chi connectivity index (χ1) is 7.92. The van der Waals surface area contributed by atoms with E-state index in [0.29, 0.717) is 0 Å². The van der Waals surface area contributed by atoms with Crippen LogP contribution in [-0.2, 0) is 19.4 Å². The maximum absolute atomic E-state index is 3.40. The van der Waals surface area contributed by atoms with Crippen molar-refractivity contribution < 1.29 is 0 Å². The molecule has 0 unspecified atom stereocenters.